The van der Waals surface area contributed by atoms with Crippen molar-refractivity contribution in [2.24, 2.45) is 0 Å². The van der Waals surface area contributed by atoms with E-state index in [-0.39, 0.29) is 18.9 Å². The summed E-state index contributed by atoms with van der Waals surface area (Å²) in [5.41, 5.74) is 5.50. The van der Waals surface area contributed by atoms with Gasteiger partial charge < -0.3 is 10.8 Å². The molecule has 0 atom stereocenters. The molecule has 0 spiro atoms. The van der Waals surface area contributed by atoms with Crippen molar-refractivity contribution in [3.63, 3.8) is 0 Å². The Morgan fingerprint density at radius 2 is 1.80 bits per heavy atom. The van der Waals surface area contributed by atoms with Gasteiger partial charge in [-0.15, -0.1) is 0 Å². The molecule has 0 saturated heterocycles. The summed E-state index contributed by atoms with van der Waals surface area (Å²) in [5, 5.41) is 7.08. The number of hydrogen-bond acceptors (Lipinski definition) is 1. The molecule has 5 heavy (non-hydrogen) atoms. The van der Waals surface area contributed by atoms with Crippen LogP contribution < -0.4 is 18.9 Å². The first kappa shape index (κ1) is 8.85. The quantitative estimate of drug-likeness (QED) is 0.324. The Hall–Kier alpha value is -0.133. The topological polar surface area (TPSA) is 61.1 Å². The molecule has 1 amide bonds. The maximum absolute atomic E-state index is 8.67. The summed E-state index contributed by atoms with van der Waals surface area (Å²) in [6.07, 6.45) is -1.58. The molecule has 24 valence electrons. The summed E-state index contributed by atoms with van der Waals surface area (Å²) in [5.74, 6) is 0. The van der Waals surface area contributed by atoms with E-state index in [1.165, 1.54) is 0 Å². The maximum Gasteiger partial charge on any atom is 1.00 e. The van der Waals surface area contributed by atoms with E-state index in [0.717, 1.165) is 0 Å². The van der Waals surface area contributed by atoms with Gasteiger partial charge in [-0.3, -0.25) is 4.79 Å². The van der Waals surface area contributed by atoms with E-state index in [1.807, 2.05) is 0 Å². The Kier molecular flexibility index (Phi) is 6.85. The predicted molar refractivity (Wildman–Crippen MR) is 12.3 cm³/mol. The molecule has 0 aromatic heterocycles. The van der Waals surface area contributed by atoms with Gasteiger partial charge in [-0.2, -0.15) is 0 Å². The van der Waals surface area contributed by atoms with Gasteiger partial charge in [0.2, 0.25) is 6.09 Å². The molecule has 0 heterocycles. The number of rotatable bonds is 0. The van der Waals surface area contributed by atoms with Crippen molar-refractivity contribution in [2.45, 2.75) is 0 Å². The molecule has 4 heteroatoms. The normalized spacial score (nSPS) is 4.80. The number of carboxylic acid groups (broad SMARTS) is 1. The van der Waals surface area contributed by atoms with Gasteiger partial charge in [0.05, 0.1) is 0 Å². The molecule has 0 aromatic rings. The molecular formula is CH2LiNO2. The second-order valence-electron chi connectivity index (χ2n) is 0.305. The Labute approximate surface area is 41.3 Å². The first-order chi connectivity index (χ1) is 1.73. The van der Waals surface area contributed by atoms with E-state index in [1.54, 1.807) is 0 Å². The second-order valence-corrected chi connectivity index (χ2v) is 0.305. The molecule has 0 aliphatic heterocycles. The zero-order chi connectivity index (χ0) is 3.58. The van der Waals surface area contributed by atoms with Gasteiger partial charge in [-0.1, -0.05) is 0 Å². The molecule has 0 aromatic carbocycles. The third-order valence-corrected chi connectivity index (χ3v) is 0. The smallest absolute Gasteiger partial charge is 0.632 e. The molecule has 3 nitrogen and oxygen atoms in total. The van der Waals surface area contributed by atoms with Crippen LogP contribution in [0.3, 0.4) is 0 Å². The van der Waals surface area contributed by atoms with Crippen molar-refractivity contribution >= 4 is 6.09 Å². The average molecular weight is 67.0 g/mol. The second kappa shape index (κ2) is 3.87. The van der Waals surface area contributed by atoms with Crippen molar-refractivity contribution in [3.05, 3.63) is 5.73 Å². The van der Waals surface area contributed by atoms with Gasteiger partial charge >= 0.3 is 18.9 Å². The molecule has 0 radical (unpaired) electrons. The Bertz CT molecular complexity index is 32.6. The van der Waals surface area contributed by atoms with Crippen LogP contribution >= 0.6 is 0 Å². The minimum atomic E-state index is -1.58. The molecule has 0 unspecified atom stereocenters. The third-order valence-electron chi connectivity index (χ3n) is 0. The minimum absolute atomic E-state index is 0. The fourth-order valence-electron chi connectivity index (χ4n) is 0. The number of hydrogen-bond donors (Lipinski definition) is 1. The maximum atomic E-state index is 8.67. The summed E-state index contributed by atoms with van der Waals surface area (Å²) in [7, 11) is 0. The van der Waals surface area contributed by atoms with Crippen molar-refractivity contribution < 1.29 is 28.8 Å². The molecule has 0 bridgehead atoms. The minimum Gasteiger partial charge on any atom is -0.632 e. The first-order valence-electron chi connectivity index (χ1n) is 0.678. The number of amides is 1. The van der Waals surface area contributed by atoms with Crippen LogP contribution in [0.2, 0.25) is 0 Å². The van der Waals surface area contributed by atoms with E-state index < -0.39 is 6.09 Å². The van der Waals surface area contributed by atoms with Crippen LogP contribution in [-0.4, -0.2) is 11.2 Å². The van der Waals surface area contributed by atoms with Crippen LogP contribution in [0.5, 0.6) is 0 Å². The summed E-state index contributed by atoms with van der Waals surface area (Å²) >= 11 is 0. The van der Waals surface area contributed by atoms with Gasteiger partial charge in [0, 0.05) is 0 Å². The largest absolute Gasteiger partial charge is 1.00 e. The molecule has 0 aliphatic carbocycles. The zero-order valence-corrected chi connectivity index (χ0v) is 2.86. The molecule has 0 rings (SSSR count). The first-order valence-corrected chi connectivity index (χ1v) is 0.678. The molecule has 0 fully saturated rings. The van der Waals surface area contributed by atoms with Crippen molar-refractivity contribution in [1.29, 1.82) is 0 Å². The zero-order valence-electron chi connectivity index (χ0n) is 2.86. The summed E-state index contributed by atoms with van der Waals surface area (Å²) in [6, 6.07) is 0. The molecular weight excluding hydrogens is 65.0 g/mol. The summed E-state index contributed by atoms with van der Waals surface area (Å²) in [6.45, 7) is 0. The molecule has 0 saturated carbocycles. The fourth-order valence-corrected chi connectivity index (χ4v) is 0. The SMILES string of the molecule is [Li+].[NH-]C(=O)O. The van der Waals surface area contributed by atoms with Crippen LogP contribution in [0.25, 0.3) is 5.73 Å². The predicted octanol–water partition coefficient (Wildman–Crippen LogP) is -2.28. The van der Waals surface area contributed by atoms with Crippen LogP contribution in [0.1, 0.15) is 0 Å². The Morgan fingerprint density at radius 1 is 1.80 bits per heavy atom. The van der Waals surface area contributed by atoms with E-state index in [0.29, 0.717) is 0 Å². The van der Waals surface area contributed by atoms with E-state index in [9.17, 15) is 0 Å². The van der Waals surface area contributed by atoms with Crippen molar-refractivity contribution in [3.8, 4) is 0 Å². The third kappa shape index (κ3) is 767. The van der Waals surface area contributed by atoms with Crippen molar-refractivity contribution in [2.75, 3.05) is 0 Å². The van der Waals surface area contributed by atoms with Gasteiger partial charge in [0.15, 0.2) is 0 Å². The van der Waals surface area contributed by atoms with E-state index >= 15 is 0 Å². The van der Waals surface area contributed by atoms with E-state index in [4.69, 9.17) is 15.6 Å². The Balaban J connectivity index is 0. The van der Waals surface area contributed by atoms with Gasteiger partial charge in [0.25, 0.3) is 0 Å². The monoisotopic (exact) mass is 67.0 g/mol. The van der Waals surface area contributed by atoms with Crippen LogP contribution in [-0.2, 0) is 0 Å². The van der Waals surface area contributed by atoms with Gasteiger partial charge in [-0.25, -0.2) is 0 Å². The summed E-state index contributed by atoms with van der Waals surface area (Å²) in [4.78, 5) is 8.67. The molecule has 0 aliphatic rings. The van der Waals surface area contributed by atoms with Gasteiger partial charge in [-0.05, 0) is 0 Å². The standard InChI is InChI=1S/CH2NO2.Li/c2-1(3)4;/h2H,(H,3,4);/q-1;+1. The number of nitrogens with one attached hydrogen (secondary N) is 1. The van der Waals surface area contributed by atoms with Crippen LogP contribution in [0.15, 0.2) is 0 Å². The van der Waals surface area contributed by atoms with Gasteiger partial charge in [0.1, 0.15) is 0 Å². The van der Waals surface area contributed by atoms with E-state index in [2.05, 4.69) is 0 Å². The average Bonchev–Trinajstić information content (AvgIpc) is 0.811. The van der Waals surface area contributed by atoms with Crippen molar-refractivity contribution in [1.82, 2.24) is 0 Å². The molecule has 2 N–H and O–H groups in total. The Morgan fingerprint density at radius 3 is 1.80 bits per heavy atom. The number of carbonyl (C=O) groups is 1. The van der Waals surface area contributed by atoms with Crippen LogP contribution in [0.4, 0.5) is 4.79 Å². The van der Waals surface area contributed by atoms with Crippen LogP contribution in [0, 0.1) is 0 Å². The summed E-state index contributed by atoms with van der Waals surface area (Å²) < 4.78 is 0. The fraction of sp³-hybridized carbons (Fsp3) is 0.